The van der Waals surface area contributed by atoms with Crippen LogP contribution in [0.3, 0.4) is 0 Å². The fraction of sp³-hybridized carbons (Fsp3) is 0.312. The second kappa shape index (κ2) is 8.38. The maximum Gasteiger partial charge on any atom is 0.306 e. The number of ether oxygens (including phenoxy) is 1. The van der Waals surface area contributed by atoms with Gasteiger partial charge < -0.3 is 10.5 Å². The van der Waals surface area contributed by atoms with Crippen molar-refractivity contribution in [2.75, 3.05) is 18.1 Å². The quantitative estimate of drug-likeness (QED) is 0.346. The first kappa shape index (κ1) is 17.1. The van der Waals surface area contributed by atoms with Gasteiger partial charge in [0.15, 0.2) is 11.0 Å². The predicted octanol–water partition coefficient (Wildman–Crippen LogP) is 2.76. The van der Waals surface area contributed by atoms with E-state index in [9.17, 15) is 4.79 Å². The lowest BCUT2D eigenvalue weighted by Crippen LogP contribution is -2.06. The van der Waals surface area contributed by atoms with Crippen molar-refractivity contribution < 1.29 is 9.53 Å². The minimum absolute atomic E-state index is 0.200. The van der Waals surface area contributed by atoms with Crippen molar-refractivity contribution in [2.24, 2.45) is 0 Å². The number of rotatable bonds is 8. The number of benzene rings is 1. The maximum absolute atomic E-state index is 11.4. The molecular formula is C16H20N4O2S. The number of esters is 1. The number of thioether (sulfide) groups is 1. The van der Waals surface area contributed by atoms with Gasteiger partial charge in [-0.15, -0.1) is 16.8 Å². The van der Waals surface area contributed by atoms with Crippen LogP contribution in [-0.4, -0.2) is 33.1 Å². The van der Waals surface area contributed by atoms with Crippen molar-refractivity contribution in [3.8, 4) is 11.4 Å². The van der Waals surface area contributed by atoms with E-state index in [0.29, 0.717) is 31.0 Å². The van der Waals surface area contributed by atoms with Crippen LogP contribution in [0.5, 0.6) is 0 Å². The molecule has 0 saturated heterocycles. The van der Waals surface area contributed by atoms with Gasteiger partial charge in [0.2, 0.25) is 0 Å². The number of nitrogens with two attached hydrogens (primary N) is 1. The zero-order valence-electron chi connectivity index (χ0n) is 13.1. The van der Waals surface area contributed by atoms with Gasteiger partial charge in [-0.1, -0.05) is 17.8 Å². The Morgan fingerprint density at radius 2 is 2.13 bits per heavy atom. The van der Waals surface area contributed by atoms with Gasteiger partial charge in [-0.25, -0.2) is 0 Å². The van der Waals surface area contributed by atoms with E-state index in [1.165, 1.54) is 11.8 Å². The number of carbonyl (C=O) groups excluding carboxylic acids is 1. The van der Waals surface area contributed by atoms with Crippen molar-refractivity contribution in [2.45, 2.75) is 25.0 Å². The Morgan fingerprint density at radius 1 is 1.39 bits per heavy atom. The van der Waals surface area contributed by atoms with E-state index in [1.54, 1.807) is 13.0 Å². The van der Waals surface area contributed by atoms with E-state index in [0.717, 1.165) is 16.5 Å². The third-order valence-electron chi connectivity index (χ3n) is 3.04. The van der Waals surface area contributed by atoms with Crippen LogP contribution in [0.15, 0.2) is 42.1 Å². The van der Waals surface area contributed by atoms with Gasteiger partial charge in [-0.3, -0.25) is 9.36 Å². The molecule has 122 valence electrons. The minimum Gasteiger partial charge on any atom is -0.466 e. The summed E-state index contributed by atoms with van der Waals surface area (Å²) in [5.41, 5.74) is 7.36. The van der Waals surface area contributed by atoms with E-state index in [4.69, 9.17) is 10.5 Å². The van der Waals surface area contributed by atoms with Gasteiger partial charge in [0.25, 0.3) is 0 Å². The Balaban J connectivity index is 2.13. The van der Waals surface area contributed by atoms with E-state index in [-0.39, 0.29) is 5.97 Å². The van der Waals surface area contributed by atoms with E-state index >= 15 is 0 Å². The third-order valence-corrected chi connectivity index (χ3v) is 4.01. The van der Waals surface area contributed by atoms with Crippen LogP contribution in [0, 0.1) is 0 Å². The molecule has 0 saturated carbocycles. The van der Waals surface area contributed by atoms with Gasteiger partial charge in [-0.2, -0.15) is 0 Å². The molecule has 1 heterocycles. The lowest BCUT2D eigenvalue weighted by atomic mass is 10.2. The molecule has 0 aliphatic carbocycles. The molecule has 0 unspecified atom stereocenters. The van der Waals surface area contributed by atoms with E-state index in [1.807, 2.05) is 28.8 Å². The molecule has 0 atom stereocenters. The van der Waals surface area contributed by atoms with Crippen molar-refractivity contribution in [3.05, 3.63) is 36.9 Å². The van der Waals surface area contributed by atoms with Gasteiger partial charge in [0, 0.05) is 23.5 Å². The fourth-order valence-corrected chi connectivity index (χ4v) is 2.86. The van der Waals surface area contributed by atoms with Crippen molar-refractivity contribution in [1.29, 1.82) is 0 Å². The number of carbonyl (C=O) groups is 1. The Hall–Kier alpha value is -2.28. The number of nitrogens with zero attached hydrogens (tertiary/aromatic N) is 3. The molecule has 6 nitrogen and oxygen atoms in total. The van der Waals surface area contributed by atoms with E-state index < -0.39 is 0 Å². The fourth-order valence-electron chi connectivity index (χ4n) is 1.99. The molecule has 2 N–H and O–H groups in total. The predicted molar refractivity (Wildman–Crippen MR) is 92.0 cm³/mol. The van der Waals surface area contributed by atoms with Crippen molar-refractivity contribution >= 4 is 23.4 Å². The van der Waals surface area contributed by atoms with Crippen LogP contribution in [-0.2, 0) is 16.1 Å². The van der Waals surface area contributed by atoms with Crippen LogP contribution in [0.2, 0.25) is 0 Å². The topological polar surface area (TPSA) is 83.0 Å². The maximum atomic E-state index is 11.4. The average molecular weight is 332 g/mol. The molecule has 0 spiro atoms. The summed E-state index contributed by atoms with van der Waals surface area (Å²) in [5, 5.41) is 9.23. The first-order valence-electron chi connectivity index (χ1n) is 7.34. The summed E-state index contributed by atoms with van der Waals surface area (Å²) in [4.78, 5) is 11.4. The SMILES string of the molecule is C=CCn1c(SCCC(=O)OCC)nnc1-c1ccc(N)cc1. The molecule has 0 bridgehead atoms. The summed E-state index contributed by atoms with van der Waals surface area (Å²) in [5.74, 6) is 1.15. The number of hydrogen-bond acceptors (Lipinski definition) is 6. The van der Waals surface area contributed by atoms with Crippen LogP contribution in [0.4, 0.5) is 5.69 Å². The van der Waals surface area contributed by atoms with Crippen LogP contribution in [0.1, 0.15) is 13.3 Å². The molecule has 1 aromatic heterocycles. The summed E-state index contributed by atoms with van der Waals surface area (Å²) in [6.45, 7) is 6.57. The summed E-state index contributed by atoms with van der Waals surface area (Å²) >= 11 is 1.48. The summed E-state index contributed by atoms with van der Waals surface area (Å²) in [6, 6.07) is 7.48. The molecule has 2 rings (SSSR count). The lowest BCUT2D eigenvalue weighted by Gasteiger charge is -2.08. The molecule has 7 heteroatoms. The average Bonchev–Trinajstić information content (AvgIpc) is 2.92. The summed E-state index contributed by atoms with van der Waals surface area (Å²) in [7, 11) is 0. The van der Waals surface area contributed by atoms with Gasteiger partial charge in [0.1, 0.15) is 0 Å². The zero-order valence-corrected chi connectivity index (χ0v) is 13.9. The molecule has 0 aliphatic heterocycles. The molecule has 0 aliphatic rings. The molecular weight excluding hydrogens is 312 g/mol. The number of anilines is 1. The standard InChI is InChI=1S/C16H20N4O2S/c1-3-10-20-15(12-5-7-13(17)8-6-12)18-19-16(20)23-11-9-14(21)22-4-2/h3,5-8H,1,4,9-11,17H2,2H3. The molecule has 1 aromatic carbocycles. The van der Waals surface area contributed by atoms with Gasteiger partial charge in [0.05, 0.1) is 13.0 Å². The first-order valence-corrected chi connectivity index (χ1v) is 8.32. The highest BCUT2D eigenvalue weighted by Gasteiger charge is 2.14. The minimum atomic E-state index is -0.200. The molecule has 0 radical (unpaired) electrons. The largest absolute Gasteiger partial charge is 0.466 e. The summed E-state index contributed by atoms with van der Waals surface area (Å²) in [6.07, 6.45) is 2.14. The van der Waals surface area contributed by atoms with Gasteiger partial charge >= 0.3 is 5.97 Å². The first-order chi connectivity index (χ1) is 11.2. The third kappa shape index (κ3) is 4.59. The molecule has 0 amide bonds. The second-order valence-corrected chi connectivity index (χ2v) is 5.79. The normalized spacial score (nSPS) is 10.5. The number of allylic oxidation sites excluding steroid dienone is 1. The Labute approximate surface area is 139 Å². The van der Waals surface area contributed by atoms with E-state index in [2.05, 4.69) is 16.8 Å². The Morgan fingerprint density at radius 3 is 2.78 bits per heavy atom. The van der Waals surface area contributed by atoms with Crippen LogP contribution in [0.25, 0.3) is 11.4 Å². The lowest BCUT2D eigenvalue weighted by molar-refractivity contribution is -0.142. The number of aromatic nitrogens is 3. The highest BCUT2D eigenvalue weighted by atomic mass is 32.2. The zero-order chi connectivity index (χ0) is 16.7. The monoisotopic (exact) mass is 332 g/mol. The van der Waals surface area contributed by atoms with Crippen LogP contribution >= 0.6 is 11.8 Å². The highest BCUT2D eigenvalue weighted by molar-refractivity contribution is 7.99. The van der Waals surface area contributed by atoms with Crippen LogP contribution < -0.4 is 5.73 Å². The summed E-state index contributed by atoms with van der Waals surface area (Å²) < 4.78 is 6.89. The highest BCUT2D eigenvalue weighted by Crippen LogP contribution is 2.25. The smallest absolute Gasteiger partial charge is 0.306 e. The Kier molecular flexibility index (Phi) is 6.22. The number of hydrogen-bond donors (Lipinski definition) is 1. The molecule has 23 heavy (non-hydrogen) atoms. The Bertz CT molecular complexity index is 667. The molecule has 2 aromatic rings. The second-order valence-electron chi connectivity index (χ2n) is 4.73. The van der Waals surface area contributed by atoms with Crippen molar-refractivity contribution in [3.63, 3.8) is 0 Å². The molecule has 0 fully saturated rings. The van der Waals surface area contributed by atoms with Crippen molar-refractivity contribution in [1.82, 2.24) is 14.8 Å². The van der Waals surface area contributed by atoms with Gasteiger partial charge in [-0.05, 0) is 31.2 Å². The number of nitrogen functional groups attached to an aromatic ring is 1.